The minimum Gasteiger partial charge on any atom is -0.481 e. The Kier molecular flexibility index (Phi) is 3.29. The molecule has 17 heavy (non-hydrogen) atoms. The highest BCUT2D eigenvalue weighted by molar-refractivity contribution is 5.42. The van der Waals surface area contributed by atoms with Gasteiger partial charge in [-0.15, -0.1) is 0 Å². The Morgan fingerprint density at radius 2 is 1.94 bits per heavy atom. The van der Waals surface area contributed by atoms with E-state index in [1.807, 2.05) is 24.3 Å². The van der Waals surface area contributed by atoms with Crippen LogP contribution in [0.25, 0.3) is 0 Å². The van der Waals surface area contributed by atoms with Gasteiger partial charge in [-0.1, -0.05) is 19.1 Å². The lowest BCUT2D eigenvalue weighted by Gasteiger charge is -2.42. The molecule has 0 bridgehead atoms. The fraction of sp³-hybridized carbons (Fsp3) is 0.571. The highest BCUT2D eigenvalue weighted by atomic mass is 16.6. The van der Waals surface area contributed by atoms with E-state index in [1.54, 1.807) is 0 Å². The summed E-state index contributed by atoms with van der Waals surface area (Å²) in [7, 11) is 0. The van der Waals surface area contributed by atoms with Crippen LogP contribution in [0.1, 0.15) is 27.7 Å². The number of hydrogen-bond donors (Lipinski definition) is 1. The lowest BCUT2D eigenvalue weighted by molar-refractivity contribution is -0.0562. The number of ether oxygens (including phenoxy) is 2. The van der Waals surface area contributed by atoms with Crippen molar-refractivity contribution in [3.8, 4) is 11.5 Å². The minimum absolute atomic E-state index is 0.0114. The van der Waals surface area contributed by atoms with Gasteiger partial charge in [0.1, 0.15) is 5.60 Å². The van der Waals surface area contributed by atoms with Crippen LogP contribution in [0.2, 0.25) is 0 Å². The molecule has 2 atom stereocenters. The number of hydrogen-bond acceptors (Lipinski definition) is 3. The van der Waals surface area contributed by atoms with E-state index in [4.69, 9.17) is 9.47 Å². The van der Waals surface area contributed by atoms with Crippen LogP contribution in [0.5, 0.6) is 11.5 Å². The van der Waals surface area contributed by atoms with Gasteiger partial charge in [0.25, 0.3) is 0 Å². The van der Waals surface area contributed by atoms with Gasteiger partial charge in [0.2, 0.25) is 0 Å². The van der Waals surface area contributed by atoms with Crippen LogP contribution < -0.4 is 14.8 Å². The molecule has 3 nitrogen and oxygen atoms in total. The van der Waals surface area contributed by atoms with Crippen molar-refractivity contribution in [3.05, 3.63) is 24.3 Å². The Balaban J connectivity index is 2.25. The third kappa shape index (κ3) is 2.39. The summed E-state index contributed by atoms with van der Waals surface area (Å²) < 4.78 is 12.1. The first kappa shape index (κ1) is 12.2. The Labute approximate surface area is 103 Å². The molecule has 1 aliphatic heterocycles. The minimum atomic E-state index is -0.323. The molecule has 0 radical (unpaired) electrons. The van der Waals surface area contributed by atoms with E-state index < -0.39 is 0 Å². The molecule has 0 aromatic heterocycles. The normalized spacial score (nSPS) is 23.2. The number of likely N-dealkylation sites (N-methyl/N-ethyl adjacent to an activating group) is 1. The van der Waals surface area contributed by atoms with Crippen molar-refractivity contribution in [3.63, 3.8) is 0 Å². The maximum Gasteiger partial charge on any atom is 0.162 e. The first-order chi connectivity index (χ1) is 8.04. The van der Waals surface area contributed by atoms with Gasteiger partial charge in [-0.25, -0.2) is 0 Å². The average Bonchev–Trinajstić information content (AvgIpc) is 2.27. The Morgan fingerprint density at radius 1 is 1.29 bits per heavy atom. The van der Waals surface area contributed by atoms with Crippen LogP contribution >= 0.6 is 0 Å². The summed E-state index contributed by atoms with van der Waals surface area (Å²) in [6.07, 6.45) is 0.0114. The van der Waals surface area contributed by atoms with E-state index in [1.165, 1.54) is 0 Å². The third-order valence-corrected chi connectivity index (χ3v) is 3.14. The van der Waals surface area contributed by atoms with Crippen LogP contribution in [0.3, 0.4) is 0 Å². The standard InChI is InChI=1S/C14H21NO2/c1-5-15-10(2)13-14(3,4)17-12-9-7-6-8-11(12)16-13/h6-10,13,15H,5H2,1-4H3. The highest BCUT2D eigenvalue weighted by Gasteiger charge is 2.41. The summed E-state index contributed by atoms with van der Waals surface area (Å²) in [5.41, 5.74) is -0.323. The topological polar surface area (TPSA) is 30.5 Å². The first-order valence-electron chi connectivity index (χ1n) is 6.22. The largest absolute Gasteiger partial charge is 0.481 e. The molecular weight excluding hydrogens is 214 g/mol. The van der Waals surface area contributed by atoms with Gasteiger partial charge in [-0.2, -0.15) is 0 Å². The second kappa shape index (κ2) is 4.57. The average molecular weight is 235 g/mol. The van der Waals surface area contributed by atoms with Crippen molar-refractivity contribution in [2.75, 3.05) is 6.54 Å². The molecule has 1 aromatic carbocycles. The molecule has 94 valence electrons. The van der Waals surface area contributed by atoms with Crippen molar-refractivity contribution in [1.29, 1.82) is 0 Å². The zero-order valence-corrected chi connectivity index (χ0v) is 11.0. The molecule has 1 aliphatic rings. The summed E-state index contributed by atoms with van der Waals surface area (Å²) in [6, 6.07) is 8.09. The summed E-state index contributed by atoms with van der Waals surface area (Å²) in [4.78, 5) is 0. The van der Waals surface area contributed by atoms with Gasteiger partial charge in [-0.3, -0.25) is 0 Å². The van der Waals surface area contributed by atoms with Gasteiger partial charge in [0.05, 0.1) is 0 Å². The molecule has 0 aliphatic carbocycles. The zero-order chi connectivity index (χ0) is 12.5. The number of rotatable bonds is 3. The summed E-state index contributed by atoms with van der Waals surface area (Å²) in [5, 5.41) is 3.40. The van der Waals surface area contributed by atoms with Gasteiger partial charge in [-0.05, 0) is 39.4 Å². The molecule has 0 amide bonds. The zero-order valence-electron chi connectivity index (χ0n) is 11.0. The molecule has 2 rings (SSSR count). The smallest absolute Gasteiger partial charge is 0.162 e. The van der Waals surface area contributed by atoms with Crippen molar-refractivity contribution >= 4 is 0 Å². The van der Waals surface area contributed by atoms with Gasteiger partial charge in [0.15, 0.2) is 17.6 Å². The van der Waals surface area contributed by atoms with E-state index >= 15 is 0 Å². The summed E-state index contributed by atoms with van der Waals surface area (Å²) >= 11 is 0. The van der Waals surface area contributed by atoms with E-state index in [2.05, 4.69) is 33.0 Å². The Hall–Kier alpha value is -1.22. The quantitative estimate of drug-likeness (QED) is 0.873. The number of fused-ring (bicyclic) bond motifs is 1. The Morgan fingerprint density at radius 3 is 2.59 bits per heavy atom. The van der Waals surface area contributed by atoms with Crippen molar-refractivity contribution in [2.24, 2.45) is 0 Å². The second-order valence-corrected chi connectivity index (χ2v) is 5.04. The van der Waals surface area contributed by atoms with E-state index in [9.17, 15) is 0 Å². The fourth-order valence-electron chi connectivity index (χ4n) is 2.39. The van der Waals surface area contributed by atoms with Gasteiger partial charge in [0, 0.05) is 6.04 Å². The van der Waals surface area contributed by atoms with Crippen LogP contribution in [0, 0.1) is 0 Å². The number of benzene rings is 1. The van der Waals surface area contributed by atoms with Gasteiger partial charge >= 0.3 is 0 Å². The fourth-order valence-corrected chi connectivity index (χ4v) is 2.39. The molecule has 2 unspecified atom stereocenters. The maximum absolute atomic E-state index is 6.07. The van der Waals surface area contributed by atoms with Crippen LogP contribution in [0.4, 0.5) is 0 Å². The number of para-hydroxylation sites is 2. The molecule has 0 saturated heterocycles. The van der Waals surface area contributed by atoms with Crippen LogP contribution in [-0.2, 0) is 0 Å². The maximum atomic E-state index is 6.07. The molecule has 0 fully saturated rings. The molecule has 0 spiro atoms. The summed E-state index contributed by atoms with van der Waals surface area (Å²) in [6.45, 7) is 9.30. The first-order valence-corrected chi connectivity index (χ1v) is 6.22. The monoisotopic (exact) mass is 235 g/mol. The predicted octanol–water partition coefficient (Wildman–Crippen LogP) is 2.60. The third-order valence-electron chi connectivity index (χ3n) is 3.14. The van der Waals surface area contributed by atoms with E-state index in [-0.39, 0.29) is 17.7 Å². The number of nitrogens with one attached hydrogen (secondary N) is 1. The Bertz CT molecular complexity index is 390. The van der Waals surface area contributed by atoms with E-state index in [0.717, 1.165) is 18.0 Å². The van der Waals surface area contributed by atoms with E-state index in [0.29, 0.717) is 0 Å². The van der Waals surface area contributed by atoms with Crippen molar-refractivity contribution in [1.82, 2.24) is 5.32 Å². The molecule has 0 saturated carbocycles. The molecular formula is C14H21NO2. The van der Waals surface area contributed by atoms with Crippen molar-refractivity contribution in [2.45, 2.75) is 45.4 Å². The highest BCUT2D eigenvalue weighted by Crippen LogP contribution is 2.38. The molecule has 3 heteroatoms. The SMILES string of the molecule is CCNC(C)C1Oc2ccccc2OC1(C)C. The summed E-state index contributed by atoms with van der Waals surface area (Å²) in [5.74, 6) is 1.67. The predicted molar refractivity (Wildman–Crippen MR) is 68.7 cm³/mol. The lowest BCUT2D eigenvalue weighted by Crippen LogP contribution is -2.57. The lowest BCUT2D eigenvalue weighted by atomic mass is 9.94. The molecule has 1 heterocycles. The van der Waals surface area contributed by atoms with Gasteiger partial charge < -0.3 is 14.8 Å². The second-order valence-electron chi connectivity index (χ2n) is 5.04. The molecule has 1 aromatic rings. The molecule has 1 N–H and O–H groups in total. The van der Waals surface area contributed by atoms with Crippen LogP contribution in [-0.4, -0.2) is 24.3 Å². The van der Waals surface area contributed by atoms with Crippen LogP contribution in [0.15, 0.2) is 24.3 Å². The van der Waals surface area contributed by atoms with Crippen molar-refractivity contribution < 1.29 is 9.47 Å².